The van der Waals surface area contributed by atoms with Crippen molar-refractivity contribution in [2.75, 3.05) is 11.9 Å². The molecule has 5 rings (SSSR count). The fraction of sp³-hybridized carbons (Fsp3) is 0.250. The number of nitrogens with one attached hydrogen (secondary N) is 1. The van der Waals surface area contributed by atoms with Crippen molar-refractivity contribution in [3.05, 3.63) is 68.5 Å². The summed E-state index contributed by atoms with van der Waals surface area (Å²) in [5.74, 6) is -1.00. The Kier molecular flexibility index (Phi) is 5.70. The fourth-order valence-electron chi connectivity index (χ4n) is 4.05. The van der Waals surface area contributed by atoms with Gasteiger partial charge in [0.2, 0.25) is 0 Å². The molecule has 0 fully saturated rings. The molecule has 7 nitrogen and oxygen atoms in total. The Balaban J connectivity index is 1.26. The van der Waals surface area contributed by atoms with Gasteiger partial charge in [-0.05, 0) is 43.4 Å². The molecule has 0 atom stereocenters. The summed E-state index contributed by atoms with van der Waals surface area (Å²) in [5.41, 5.74) is 3.53. The van der Waals surface area contributed by atoms with Crippen LogP contribution >= 0.6 is 22.7 Å². The largest absolute Gasteiger partial charge is 0.451 e. The third kappa shape index (κ3) is 4.15. The van der Waals surface area contributed by atoms with Gasteiger partial charge in [-0.25, -0.2) is 4.79 Å². The van der Waals surface area contributed by atoms with Crippen LogP contribution in [0.2, 0.25) is 0 Å². The summed E-state index contributed by atoms with van der Waals surface area (Å²) < 4.78 is 7.14. The maximum absolute atomic E-state index is 12.6. The van der Waals surface area contributed by atoms with E-state index in [4.69, 9.17) is 4.74 Å². The molecule has 4 aromatic rings. The second-order valence-electron chi connectivity index (χ2n) is 7.86. The van der Waals surface area contributed by atoms with Gasteiger partial charge in [-0.15, -0.1) is 22.7 Å². The molecule has 0 radical (unpaired) electrons. The lowest BCUT2D eigenvalue weighted by Gasteiger charge is -2.05. The number of hydrogen-bond acceptors (Lipinski definition) is 7. The third-order valence-corrected chi connectivity index (χ3v) is 7.94. The molecule has 0 saturated carbocycles. The molecular weight excluding hydrogens is 456 g/mol. The Morgan fingerprint density at radius 1 is 1.24 bits per heavy atom. The van der Waals surface area contributed by atoms with Crippen LogP contribution in [0.25, 0.3) is 10.2 Å². The van der Waals surface area contributed by atoms with Crippen LogP contribution in [0.15, 0.2) is 36.4 Å². The smallest absolute Gasteiger partial charge is 0.348 e. The molecule has 3 heterocycles. The van der Waals surface area contributed by atoms with Gasteiger partial charge in [0.1, 0.15) is 20.8 Å². The van der Waals surface area contributed by atoms with Crippen LogP contribution in [0.4, 0.5) is 5.00 Å². The summed E-state index contributed by atoms with van der Waals surface area (Å²) in [6.07, 6.45) is 2.85. The minimum absolute atomic E-state index is 0.407. The van der Waals surface area contributed by atoms with Crippen molar-refractivity contribution in [3.63, 3.8) is 0 Å². The van der Waals surface area contributed by atoms with E-state index in [1.807, 2.05) is 41.9 Å². The highest BCUT2D eigenvalue weighted by atomic mass is 32.1. The number of anilines is 1. The molecule has 1 aromatic carbocycles. The molecule has 1 aliphatic rings. The van der Waals surface area contributed by atoms with Crippen LogP contribution in [0.5, 0.6) is 0 Å². The van der Waals surface area contributed by atoms with Gasteiger partial charge in [0.15, 0.2) is 6.61 Å². The van der Waals surface area contributed by atoms with E-state index in [0.717, 1.165) is 51.2 Å². The monoisotopic (exact) mass is 476 g/mol. The van der Waals surface area contributed by atoms with E-state index in [2.05, 4.69) is 16.5 Å². The van der Waals surface area contributed by atoms with Crippen molar-refractivity contribution in [3.8, 4) is 6.07 Å². The van der Waals surface area contributed by atoms with Gasteiger partial charge in [0.05, 0.1) is 17.8 Å². The molecule has 0 saturated heterocycles. The Hall–Kier alpha value is -3.48. The van der Waals surface area contributed by atoms with E-state index in [1.54, 1.807) is 6.07 Å². The number of fused-ring (bicyclic) bond motifs is 2. The maximum Gasteiger partial charge on any atom is 0.348 e. The highest BCUT2D eigenvalue weighted by Crippen LogP contribution is 2.38. The zero-order valence-electron chi connectivity index (χ0n) is 17.9. The third-order valence-electron chi connectivity index (χ3n) is 5.60. The average molecular weight is 477 g/mol. The van der Waals surface area contributed by atoms with Crippen molar-refractivity contribution in [2.45, 2.75) is 32.7 Å². The minimum Gasteiger partial charge on any atom is -0.451 e. The number of ether oxygens (including phenoxy) is 1. The lowest BCUT2D eigenvalue weighted by Crippen LogP contribution is -2.20. The minimum atomic E-state index is -0.550. The summed E-state index contributed by atoms with van der Waals surface area (Å²) in [7, 11) is 0. The quantitative estimate of drug-likeness (QED) is 0.408. The van der Waals surface area contributed by atoms with Crippen LogP contribution in [-0.4, -0.2) is 28.3 Å². The van der Waals surface area contributed by atoms with Crippen LogP contribution in [0.3, 0.4) is 0 Å². The molecular formula is C24H20N4O3S2. The number of hydrogen-bond donors (Lipinski definition) is 1. The van der Waals surface area contributed by atoms with E-state index in [1.165, 1.54) is 22.7 Å². The van der Waals surface area contributed by atoms with Crippen LogP contribution in [0.1, 0.15) is 43.4 Å². The van der Waals surface area contributed by atoms with E-state index >= 15 is 0 Å². The standard InChI is InChI=1S/C24H20N4O3S2/c1-14-17-10-20(33-23(17)28(27-14)12-15-6-3-2-4-7-15)24(30)31-13-21(29)26-22-18(11-25)16-8-5-9-19(16)32-22/h2-4,6-7,10H,5,8-9,12-13H2,1H3,(H,26,29). The molecule has 9 heteroatoms. The molecule has 3 aromatic heterocycles. The van der Waals surface area contributed by atoms with Gasteiger partial charge in [-0.2, -0.15) is 10.4 Å². The fourth-order valence-corrected chi connectivity index (χ4v) is 6.36. The SMILES string of the molecule is Cc1nn(Cc2ccccc2)c2sc(C(=O)OCC(=O)Nc3sc4c(c3C#N)CCC4)cc12. The second-order valence-corrected chi connectivity index (χ2v) is 9.99. The molecule has 166 valence electrons. The molecule has 0 spiro atoms. The molecule has 0 bridgehead atoms. The number of carbonyl (C=O) groups excluding carboxylic acids is 2. The first-order valence-corrected chi connectivity index (χ1v) is 12.2. The number of carbonyl (C=O) groups is 2. The zero-order chi connectivity index (χ0) is 22.9. The van der Waals surface area contributed by atoms with E-state index in [-0.39, 0.29) is 0 Å². The number of aryl methyl sites for hydroxylation is 2. The van der Waals surface area contributed by atoms with Gasteiger partial charge >= 0.3 is 5.97 Å². The van der Waals surface area contributed by atoms with Crippen molar-refractivity contribution in [1.29, 1.82) is 5.26 Å². The van der Waals surface area contributed by atoms with Gasteiger partial charge in [-0.1, -0.05) is 30.3 Å². The number of esters is 1. The predicted molar refractivity (Wildman–Crippen MR) is 128 cm³/mol. The van der Waals surface area contributed by atoms with Crippen LogP contribution in [0, 0.1) is 18.3 Å². The molecule has 1 aliphatic carbocycles. The lowest BCUT2D eigenvalue weighted by atomic mass is 10.1. The van der Waals surface area contributed by atoms with E-state index in [9.17, 15) is 14.9 Å². The van der Waals surface area contributed by atoms with Crippen molar-refractivity contribution in [1.82, 2.24) is 9.78 Å². The van der Waals surface area contributed by atoms with Crippen molar-refractivity contribution in [2.24, 2.45) is 0 Å². The van der Waals surface area contributed by atoms with E-state index in [0.29, 0.717) is 22.0 Å². The number of rotatable bonds is 6. The van der Waals surface area contributed by atoms with Gasteiger partial charge in [-0.3, -0.25) is 9.48 Å². The highest BCUT2D eigenvalue weighted by Gasteiger charge is 2.24. The summed E-state index contributed by atoms with van der Waals surface area (Å²) in [6, 6.07) is 14.0. The molecule has 0 unspecified atom stereocenters. The number of aromatic nitrogens is 2. The zero-order valence-corrected chi connectivity index (χ0v) is 19.5. The van der Waals surface area contributed by atoms with Gasteiger partial charge in [0.25, 0.3) is 5.91 Å². The van der Waals surface area contributed by atoms with Gasteiger partial charge in [0, 0.05) is 10.3 Å². The normalized spacial score (nSPS) is 12.5. The summed E-state index contributed by atoms with van der Waals surface area (Å²) in [4.78, 5) is 27.5. The molecule has 33 heavy (non-hydrogen) atoms. The summed E-state index contributed by atoms with van der Waals surface area (Å²) in [6.45, 7) is 2.11. The first-order valence-electron chi connectivity index (χ1n) is 10.6. The maximum atomic E-state index is 12.6. The average Bonchev–Trinajstić information content (AvgIpc) is 3.56. The first kappa shape index (κ1) is 21.4. The Labute approximate surface area is 198 Å². The highest BCUT2D eigenvalue weighted by molar-refractivity contribution is 7.20. The van der Waals surface area contributed by atoms with E-state index < -0.39 is 18.5 Å². The van der Waals surface area contributed by atoms with Crippen LogP contribution in [-0.2, 0) is 28.9 Å². The number of amides is 1. The van der Waals surface area contributed by atoms with Crippen molar-refractivity contribution >= 4 is 49.8 Å². The first-order chi connectivity index (χ1) is 16.0. The Bertz CT molecular complexity index is 1410. The Morgan fingerprint density at radius 2 is 2.06 bits per heavy atom. The number of nitrogens with zero attached hydrogens (tertiary/aromatic N) is 3. The molecule has 1 amide bonds. The second kappa shape index (κ2) is 8.81. The number of thiophene rings is 2. The molecule has 1 N–H and O–H groups in total. The van der Waals surface area contributed by atoms with Crippen LogP contribution < -0.4 is 5.32 Å². The summed E-state index contributed by atoms with van der Waals surface area (Å²) in [5, 5.41) is 18.2. The molecule has 0 aliphatic heterocycles. The lowest BCUT2D eigenvalue weighted by molar-refractivity contribution is -0.119. The van der Waals surface area contributed by atoms with Gasteiger partial charge < -0.3 is 10.1 Å². The number of benzene rings is 1. The van der Waals surface area contributed by atoms with Crippen molar-refractivity contribution < 1.29 is 14.3 Å². The summed E-state index contributed by atoms with van der Waals surface area (Å²) >= 11 is 2.74. The predicted octanol–water partition coefficient (Wildman–Crippen LogP) is 4.67. The number of nitriles is 1. The topological polar surface area (TPSA) is 97.0 Å². The Morgan fingerprint density at radius 3 is 2.85 bits per heavy atom.